The maximum atomic E-state index is 12.0. The van der Waals surface area contributed by atoms with Crippen LogP contribution in [-0.4, -0.2) is 12.1 Å². The Kier molecular flexibility index (Phi) is 7.01. The molecule has 0 aliphatic carbocycles. The highest BCUT2D eigenvalue weighted by Gasteiger charge is 2.06. The maximum Gasteiger partial charge on any atom is 0.271 e. The first-order chi connectivity index (χ1) is 14.1. The Morgan fingerprint density at radius 3 is 2.66 bits per heavy atom. The van der Waals surface area contributed by atoms with Crippen molar-refractivity contribution in [2.75, 3.05) is 0 Å². The first-order valence-corrected chi connectivity index (χ1v) is 9.73. The summed E-state index contributed by atoms with van der Waals surface area (Å²) < 4.78 is 6.54. The molecule has 0 fully saturated rings. The molecule has 0 spiro atoms. The molecular weight excluding hydrogens is 454 g/mol. The van der Waals surface area contributed by atoms with Crippen LogP contribution < -0.4 is 10.2 Å². The minimum absolute atomic E-state index is 0.285. The summed E-state index contributed by atoms with van der Waals surface area (Å²) >= 11 is 9.28. The molecule has 0 saturated heterocycles. The van der Waals surface area contributed by atoms with E-state index in [9.17, 15) is 4.79 Å². The van der Waals surface area contributed by atoms with Crippen LogP contribution in [0.2, 0.25) is 5.02 Å². The molecule has 29 heavy (non-hydrogen) atoms. The molecule has 0 saturated carbocycles. The number of carbonyl (C=O) groups excluding carboxylic acids is 1. The summed E-state index contributed by atoms with van der Waals surface area (Å²) in [7, 11) is 0. The van der Waals surface area contributed by atoms with Crippen LogP contribution in [0.3, 0.4) is 0 Å². The Labute approximate surface area is 181 Å². The van der Waals surface area contributed by atoms with E-state index in [1.165, 1.54) is 6.21 Å². The lowest BCUT2D eigenvalue weighted by Crippen LogP contribution is -2.17. The molecule has 0 unspecified atom stereocenters. The fraction of sp³-hybridized carbons (Fsp3) is 0.0455. The van der Waals surface area contributed by atoms with Crippen LogP contribution >= 0.6 is 27.5 Å². The molecular formula is C22H15BrClN3O2. The number of benzene rings is 3. The van der Waals surface area contributed by atoms with Crippen molar-refractivity contribution < 1.29 is 9.53 Å². The zero-order chi connectivity index (χ0) is 20.6. The fourth-order valence-corrected chi connectivity index (χ4v) is 3.09. The number of nitrogens with one attached hydrogen (secondary N) is 1. The average Bonchev–Trinajstić information content (AvgIpc) is 2.73. The highest BCUT2D eigenvalue weighted by molar-refractivity contribution is 9.10. The number of hydrogen-bond acceptors (Lipinski definition) is 4. The van der Waals surface area contributed by atoms with Crippen LogP contribution in [0.15, 0.2) is 76.3 Å². The van der Waals surface area contributed by atoms with Crippen molar-refractivity contribution in [3.63, 3.8) is 0 Å². The predicted molar refractivity (Wildman–Crippen MR) is 116 cm³/mol. The molecule has 0 atom stereocenters. The van der Waals surface area contributed by atoms with Gasteiger partial charge in [0.05, 0.1) is 22.3 Å². The van der Waals surface area contributed by atoms with Crippen molar-refractivity contribution in [3.8, 4) is 11.8 Å². The summed E-state index contributed by atoms with van der Waals surface area (Å²) in [6, 6.07) is 21.4. The fourth-order valence-electron chi connectivity index (χ4n) is 2.46. The molecule has 7 heteroatoms. The normalized spacial score (nSPS) is 10.5. The Hall–Kier alpha value is -3.14. The molecule has 0 aliphatic rings. The molecule has 1 amide bonds. The van der Waals surface area contributed by atoms with Gasteiger partial charge in [-0.15, -0.1) is 0 Å². The highest BCUT2D eigenvalue weighted by Crippen LogP contribution is 2.26. The average molecular weight is 469 g/mol. The van der Waals surface area contributed by atoms with Crippen LogP contribution in [0, 0.1) is 11.3 Å². The molecule has 3 rings (SSSR count). The SMILES string of the molecule is N#Cc1ccccc1COc1ccc(/C=N\NC(=O)c2ccc(Cl)cc2)cc1Br. The summed E-state index contributed by atoms with van der Waals surface area (Å²) in [6.45, 7) is 0.285. The van der Waals surface area contributed by atoms with Crippen molar-refractivity contribution in [3.05, 3.63) is 98.5 Å². The van der Waals surface area contributed by atoms with Gasteiger partial charge in [-0.1, -0.05) is 29.8 Å². The number of ether oxygens (including phenoxy) is 1. The number of rotatable bonds is 6. The molecule has 0 aliphatic heterocycles. The van der Waals surface area contributed by atoms with Gasteiger partial charge in [0.1, 0.15) is 12.4 Å². The Balaban J connectivity index is 1.60. The lowest BCUT2D eigenvalue weighted by atomic mass is 10.1. The molecule has 3 aromatic rings. The molecule has 3 aromatic carbocycles. The third-order valence-electron chi connectivity index (χ3n) is 3.96. The largest absolute Gasteiger partial charge is 0.488 e. The zero-order valence-electron chi connectivity index (χ0n) is 15.1. The van der Waals surface area contributed by atoms with Gasteiger partial charge in [0.2, 0.25) is 0 Å². The second kappa shape index (κ2) is 9.87. The molecule has 0 aromatic heterocycles. The smallest absolute Gasteiger partial charge is 0.271 e. The summed E-state index contributed by atoms with van der Waals surface area (Å²) in [5.41, 5.74) is 5.12. The topological polar surface area (TPSA) is 74.5 Å². The van der Waals surface area contributed by atoms with Crippen molar-refractivity contribution >= 4 is 39.7 Å². The van der Waals surface area contributed by atoms with E-state index in [0.717, 1.165) is 15.6 Å². The van der Waals surface area contributed by atoms with Gasteiger partial charge in [0, 0.05) is 16.1 Å². The van der Waals surface area contributed by atoms with Gasteiger partial charge >= 0.3 is 0 Å². The van der Waals surface area contributed by atoms with Crippen molar-refractivity contribution in [2.24, 2.45) is 5.10 Å². The van der Waals surface area contributed by atoms with Gasteiger partial charge in [-0.2, -0.15) is 10.4 Å². The minimum Gasteiger partial charge on any atom is -0.488 e. The minimum atomic E-state index is -0.326. The van der Waals surface area contributed by atoms with E-state index < -0.39 is 0 Å². The third kappa shape index (κ3) is 5.67. The van der Waals surface area contributed by atoms with E-state index in [-0.39, 0.29) is 12.5 Å². The van der Waals surface area contributed by atoms with Crippen molar-refractivity contribution in [2.45, 2.75) is 6.61 Å². The van der Waals surface area contributed by atoms with E-state index in [4.69, 9.17) is 21.6 Å². The van der Waals surface area contributed by atoms with E-state index in [1.807, 2.05) is 30.3 Å². The van der Waals surface area contributed by atoms with Crippen LogP contribution in [0.5, 0.6) is 5.75 Å². The molecule has 0 radical (unpaired) electrons. The van der Waals surface area contributed by atoms with E-state index in [2.05, 4.69) is 32.5 Å². The van der Waals surface area contributed by atoms with Crippen LogP contribution in [0.1, 0.15) is 27.0 Å². The number of halogens is 2. The number of hydrogen-bond donors (Lipinski definition) is 1. The van der Waals surface area contributed by atoms with E-state index in [1.54, 1.807) is 36.4 Å². The predicted octanol–water partition coefficient (Wildman–Crippen LogP) is 5.32. The quantitative estimate of drug-likeness (QED) is 0.393. The van der Waals surface area contributed by atoms with Gasteiger partial charge < -0.3 is 4.74 Å². The first kappa shape index (κ1) is 20.6. The number of amides is 1. The molecule has 1 N–H and O–H groups in total. The van der Waals surface area contributed by atoms with Gasteiger partial charge in [-0.25, -0.2) is 5.43 Å². The second-order valence-corrected chi connectivity index (χ2v) is 7.24. The maximum absolute atomic E-state index is 12.0. The number of hydrazone groups is 1. The first-order valence-electron chi connectivity index (χ1n) is 8.56. The van der Waals surface area contributed by atoms with Crippen LogP contribution in [0.4, 0.5) is 0 Å². The Morgan fingerprint density at radius 2 is 1.93 bits per heavy atom. The Morgan fingerprint density at radius 1 is 1.17 bits per heavy atom. The third-order valence-corrected chi connectivity index (χ3v) is 4.83. The van der Waals surface area contributed by atoms with Crippen LogP contribution in [0.25, 0.3) is 0 Å². The van der Waals surface area contributed by atoms with Gasteiger partial charge in [0.15, 0.2) is 0 Å². The number of nitrogens with zero attached hydrogens (tertiary/aromatic N) is 2. The summed E-state index contributed by atoms with van der Waals surface area (Å²) in [5.74, 6) is 0.313. The van der Waals surface area contributed by atoms with Crippen molar-refractivity contribution in [1.29, 1.82) is 5.26 Å². The monoisotopic (exact) mass is 467 g/mol. The van der Waals surface area contributed by atoms with Crippen molar-refractivity contribution in [1.82, 2.24) is 5.43 Å². The summed E-state index contributed by atoms with van der Waals surface area (Å²) in [4.78, 5) is 12.0. The lowest BCUT2D eigenvalue weighted by molar-refractivity contribution is 0.0955. The summed E-state index contributed by atoms with van der Waals surface area (Å²) in [5, 5.41) is 13.7. The van der Waals surface area contributed by atoms with Gasteiger partial charge in [-0.3, -0.25) is 4.79 Å². The van der Waals surface area contributed by atoms with Gasteiger partial charge in [0.25, 0.3) is 5.91 Å². The highest BCUT2D eigenvalue weighted by atomic mass is 79.9. The van der Waals surface area contributed by atoms with E-state index >= 15 is 0 Å². The number of carbonyl (C=O) groups is 1. The molecule has 144 valence electrons. The zero-order valence-corrected chi connectivity index (χ0v) is 17.4. The Bertz CT molecular complexity index is 1090. The number of nitriles is 1. The summed E-state index contributed by atoms with van der Waals surface area (Å²) in [6.07, 6.45) is 1.54. The molecule has 5 nitrogen and oxygen atoms in total. The van der Waals surface area contributed by atoms with E-state index in [0.29, 0.717) is 21.9 Å². The van der Waals surface area contributed by atoms with Gasteiger partial charge in [-0.05, 0) is 70.0 Å². The standard InChI is InChI=1S/C22H15BrClN3O2/c23-20-11-15(13-26-27-22(28)16-6-8-19(24)9-7-16)5-10-21(20)29-14-18-4-2-1-3-17(18)12-25/h1-11,13H,14H2,(H,27,28)/b26-13-. The second-order valence-electron chi connectivity index (χ2n) is 5.95. The van der Waals surface area contributed by atoms with Crippen LogP contribution in [-0.2, 0) is 6.61 Å². The lowest BCUT2D eigenvalue weighted by Gasteiger charge is -2.10. The molecule has 0 bridgehead atoms. The molecule has 0 heterocycles.